The minimum absolute atomic E-state index is 0.0331. The van der Waals surface area contributed by atoms with Crippen LogP contribution in [0.4, 0.5) is 0 Å². The van der Waals surface area contributed by atoms with Crippen LogP contribution in [-0.4, -0.2) is 32.9 Å². The lowest BCUT2D eigenvalue weighted by atomic mass is 10.00. The number of likely N-dealkylation sites (tertiary alicyclic amines) is 1. The highest BCUT2D eigenvalue weighted by molar-refractivity contribution is 7.18. The summed E-state index contributed by atoms with van der Waals surface area (Å²) in [6, 6.07) is 2.22. The number of carbonyl (C=O) groups excluding carboxylic acids is 1. The molecule has 1 atom stereocenters. The van der Waals surface area contributed by atoms with Gasteiger partial charge in [-0.15, -0.1) is 11.3 Å². The molecule has 0 aromatic carbocycles. The van der Waals surface area contributed by atoms with E-state index >= 15 is 0 Å². The zero-order chi connectivity index (χ0) is 16.4. The van der Waals surface area contributed by atoms with Gasteiger partial charge in [0.1, 0.15) is 11.4 Å². The van der Waals surface area contributed by atoms with Gasteiger partial charge in [-0.2, -0.15) is 0 Å². The number of aryl methyl sites for hydroxylation is 1. The zero-order valence-corrected chi connectivity index (χ0v) is 14.6. The quantitative estimate of drug-likeness (QED) is 0.864. The first-order chi connectivity index (χ1) is 11.1. The summed E-state index contributed by atoms with van der Waals surface area (Å²) in [6.07, 6.45) is 6.69. The molecule has 124 valence electrons. The SMILES string of the molecule is CCc1cc2c(=O)n(CC(=O)N3CCCCC3CC)cnc2s1. The molecule has 5 nitrogen and oxygen atoms in total. The van der Waals surface area contributed by atoms with E-state index in [1.54, 1.807) is 11.3 Å². The summed E-state index contributed by atoms with van der Waals surface area (Å²) in [4.78, 5) is 33.4. The van der Waals surface area contributed by atoms with Crippen LogP contribution in [0.5, 0.6) is 0 Å². The summed E-state index contributed by atoms with van der Waals surface area (Å²) in [5.74, 6) is 0.0331. The van der Waals surface area contributed by atoms with Gasteiger partial charge in [0.15, 0.2) is 0 Å². The highest BCUT2D eigenvalue weighted by atomic mass is 32.1. The van der Waals surface area contributed by atoms with Crippen LogP contribution in [0, 0.1) is 0 Å². The van der Waals surface area contributed by atoms with Crippen molar-refractivity contribution < 1.29 is 4.79 Å². The fourth-order valence-electron chi connectivity index (χ4n) is 3.29. The predicted octanol–water partition coefficient (Wildman–Crippen LogP) is 2.81. The van der Waals surface area contributed by atoms with E-state index in [4.69, 9.17) is 0 Å². The average molecular weight is 333 g/mol. The molecule has 0 aliphatic carbocycles. The molecule has 1 saturated heterocycles. The number of rotatable bonds is 4. The van der Waals surface area contributed by atoms with Crippen molar-refractivity contribution in [2.24, 2.45) is 0 Å². The summed E-state index contributed by atoms with van der Waals surface area (Å²) in [7, 11) is 0. The van der Waals surface area contributed by atoms with E-state index in [0.717, 1.165) is 41.9 Å². The van der Waals surface area contributed by atoms with Crippen molar-refractivity contribution in [2.75, 3.05) is 6.54 Å². The smallest absolute Gasteiger partial charge is 0.262 e. The first-order valence-electron chi connectivity index (χ1n) is 8.41. The van der Waals surface area contributed by atoms with Crippen LogP contribution < -0.4 is 5.56 Å². The Morgan fingerprint density at radius 1 is 1.39 bits per heavy atom. The zero-order valence-electron chi connectivity index (χ0n) is 13.7. The summed E-state index contributed by atoms with van der Waals surface area (Å²) in [6.45, 7) is 5.08. The Kier molecular flexibility index (Phi) is 4.80. The highest BCUT2D eigenvalue weighted by Gasteiger charge is 2.25. The molecule has 0 radical (unpaired) electrons. The molecule has 1 amide bonds. The van der Waals surface area contributed by atoms with Gasteiger partial charge in [-0.3, -0.25) is 14.2 Å². The molecule has 23 heavy (non-hydrogen) atoms. The number of carbonyl (C=O) groups is 1. The Morgan fingerprint density at radius 3 is 2.96 bits per heavy atom. The largest absolute Gasteiger partial charge is 0.338 e. The number of aromatic nitrogens is 2. The molecule has 1 fully saturated rings. The molecule has 2 aromatic heterocycles. The Hall–Kier alpha value is -1.69. The van der Waals surface area contributed by atoms with Crippen molar-refractivity contribution in [1.82, 2.24) is 14.5 Å². The van der Waals surface area contributed by atoms with Gasteiger partial charge in [-0.05, 0) is 38.2 Å². The van der Waals surface area contributed by atoms with E-state index in [1.807, 2.05) is 11.0 Å². The number of piperidine rings is 1. The maximum atomic E-state index is 12.6. The normalized spacial score (nSPS) is 18.5. The molecule has 0 bridgehead atoms. The molecule has 0 spiro atoms. The fourth-order valence-corrected chi connectivity index (χ4v) is 4.21. The number of thiophene rings is 1. The van der Waals surface area contributed by atoms with E-state index in [-0.39, 0.29) is 18.0 Å². The molecular formula is C17H23N3O2S. The molecule has 6 heteroatoms. The average Bonchev–Trinajstić information content (AvgIpc) is 3.01. The second-order valence-electron chi connectivity index (χ2n) is 6.11. The van der Waals surface area contributed by atoms with Gasteiger partial charge in [0.25, 0.3) is 5.56 Å². The van der Waals surface area contributed by atoms with Crippen LogP contribution in [0.25, 0.3) is 10.2 Å². The number of nitrogens with zero attached hydrogens (tertiary/aromatic N) is 3. The van der Waals surface area contributed by atoms with Crippen molar-refractivity contribution in [2.45, 2.75) is 58.5 Å². The molecule has 1 unspecified atom stereocenters. The number of amides is 1. The van der Waals surface area contributed by atoms with Crippen LogP contribution in [0.15, 0.2) is 17.2 Å². The van der Waals surface area contributed by atoms with Crippen LogP contribution in [0.2, 0.25) is 0 Å². The monoisotopic (exact) mass is 333 g/mol. The van der Waals surface area contributed by atoms with Crippen molar-refractivity contribution in [3.8, 4) is 0 Å². The summed E-state index contributed by atoms with van der Waals surface area (Å²) >= 11 is 1.55. The number of hydrogen-bond acceptors (Lipinski definition) is 4. The maximum absolute atomic E-state index is 12.6. The lowest BCUT2D eigenvalue weighted by molar-refractivity contribution is -0.135. The van der Waals surface area contributed by atoms with Gasteiger partial charge in [0.05, 0.1) is 11.7 Å². The van der Waals surface area contributed by atoms with Gasteiger partial charge < -0.3 is 4.90 Å². The Labute approximate surface area is 139 Å². The standard InChI is InChI=1S/C17H23N3O2S/c1-3-12-7-5-6-8-20(12)15(21)10-19-11-18-16-14(17(19)22)9-13(4-2)23-16/h9,11-12H,3-8,10H2,1-2H3. The van der Waals surface area contributed by atoms with E-state index in [9.17, 15) is 9.59 Å². The predicted molar refractivity (Wildman–Crippen MR) is 92.9 cm³/mol. The minimum Gasteiger partial charge on any atom is -0.338 e. The van der Waals surface area contributed by atoms with Crippen LogP contribution in [-0.2, 0) is 17.8 Å². The first kappa shape index (κ1) is 16.2. The van der Waals surface area contributed by atoms with Crippen molar-refractivity contribution in [1.29, 1.82) is 0 Å². The van der Waals surface area contributed by atoms with E-state index in [2.05, 4.69) is 18.8 Å². The van der Waals surface area contributed by atoms with E-state index in [0.29, 0.717) is 11.4 Å². The third kappa shape index (κ3) is 3.17. The number of fused-ring (bicyclic) bond motifs is 1. The fraction of sp³-hybridized carbons (Fsp3) is 0.588. The third-order valence-electron chi connectivity index (χ3n) is 4.64. The van der Waals surface area contributed by atoms with Crippen LogP contribution in [0.1, 0.15) is 44.4 Å². The summed E-state index contributed by atoms with van der Waals surface area (Å²) < 4.78 is 1.46. The second-order valence-corrected chi connectivity index (χ2v) is 7.22. The molecule has 3 rings (SSSR count). The molecule has 0 saturated carbocycles. The van der Waals surface area contributed by atoms with Crippen molar-refractivity contribution in [3.63, 3.8) is 0 Å². The lowest BCUT2D eigenvalue weighted by Crippen LogP contribution is -2.45. The Morgan fingerprint density at radius 2 is 2.22 bits per heavy atom. The van der Waals surface area contributed by atoms with Crippen molar-refractivity contribution >= 4 is 27.5 Å². The molecule has 1 aliphatic heterocycles. The van der Waals surface area contributed by atoms with Gasteiger partial charge in [0.2, 0.25) is 5.91 Å². The summed E-state index contributed by atoms with van der Waals surface area (Å²) in [5.41, 5.74) is -0.107. The Balaban J connectivity index is 1.84. The van der Waals surface area contributed by atoms with Gasteiger partial charge in [0, 0.05) is 17.5 Å². The molecule has 1 aliphatic rings. The molecular weight excluding hydrogens is 310 g/mol. The van der Waals surface area contributed by atoms with Gasteiger partial charge in [-0.25, -0.2) is 4.98 Å². The third-order valence-corrected chi connectivity index (χ3v) is 5.83. The van der Waals surface area contributed by atoms with Gasteiger partial charge >= 0.3 is 0 Å². The molecule has 2 aromatic rings. The van der Waals surface area contributed by atoms with E-state index < -0.39 is 0 Å². The van der Waals surface area contributed by atoms with Gasteiger partial charge in [-0.1, -0.05) is 13.8 Å². The number of hydrogen-bond donors (Lipinski definition) is 0. The molecule has 3 heterocycles. The van der Waals surface area contributed by atoms with E-state index in [1.165, 1.54) is 17.3 Å². The topological polar surface area (TPSA) is 55.2 Å². The minimum atomic E-state index is -0.107. The van der Waals surface area contributed by atoms with Crippen LogP contribution in [0.3, 0.4) is 0 Å². The Bertz CT molecular complexity index is 765. The summed E-state index contributed by atoms with van der Waals surface area (Å²) in [5, 5.41) is 0.632. The van der Waals surface area contributed by atoms with Crippen LogP contribution >= 0.6 is 11.3 Å². The van der Waals surface area contributed by atoms with Crippen molar-refractivity contribution in [3.05, 3.63) is 27.6 Å². The maximum Gasteiger partial charge on any atom is 0.262 e. The molecule has 0 N–H and O–H groups in total. The highest BCUT2D eigenvalue weighted by Crippen LogP contribution is 2.22. The lowest BCUT2D eigenvalue weighted by Gasteiger charge is -2.35. The first-order valence-corrected chi connectivity index (χ1v) is 9.23. The second kappa shape index (κ2) is 6.83.